The van der Waals surface area contributed by atoms with Gasteiger partial charge in [0.2, 0.25) is 5.79 Å². The van der Waals surface area contributed by atoms with Crippen LogP contribution >= 0.6 is 0 Å². The molecule has 1 rings (SSSR count). The van der Waals surface area contributed by atoms with E-state index >= 15 is 0 Å². The van der Waals surface area contributed by atoms with E-state index in [0.717, 1.165) is 0 Å². The Bertz CT molecular complexity index is 213. The lowest BCUT2D eigenvalue weighted by Crippen LogP contribution is -2.51. The van der Waals surface area contributed by atoms with E-state index in [4.69, 9.17) is 25.5 Å². The molecule has 0 aromatic carbocycles. The monoisotopic (exact) mass is 194 g/mol. The predicted octanol–water partition coefficient (Wildman–Crippen LogP) is -3.69. The quantitative estimate of drug-likeness (QED) is 0.226. The van der Waals surface area contributed by atoms with Gasteiger partial charge in [0.1, 0.15) is 12.7 Å². The second-order valence-electron chi connectivity index (χ2n) is 2.83. The van der Waals surface area contributed by atoms with Crippen LogP contribution in [0.3, 0.4) is 0 Å². The molecule has 76 valence electrons. The van der Waals surface area contributed by atoms with Crippen molar-refractivity contribution in [2.45, 2.75) is 24.1 Å². The molecular formula is C6H10O7. The minimum atomic E-state index is -2.74. The molecule has 2 unspecified atom stereocenters. The van der Waals surface area contributed by atoms with Crippen molar-refractivity contribution in [1.82, 2.24) is 0 Å². The van der Waals surface area contributed by atoms with E-state index < -0.39 is 36.7 Å². The average molecular weight is 194 g/mol. The van der Waals surface area contributed by atoms with Gasteiger partial charge in [0.25, 0.3) is 0 Å². The Morgan fingerprint density at radius 2 is 1.92 bits per heavy atom. The van der Waals surface area contributed by atoms with E-state index in [-0.39, 0.29) is 0 Å². The molecule has 1 aliphatic heterocycles. The highest BCUT2D eigenvalue weighted by atomic mass is 16.6. The highest BCUT2D eigenvalue weighted by molar-refractivity contribution is 5.77. The van der Waals surface area contributed by atoms with Crippen molar-refractivity contribution in [2.75, 3.05) is 6.61 Å². The summed E-state index contributed by atoms with van der Waals surface area (Å²) < 4.78 is 4.24. The molecule has 1 heterocycles. The molecule has 7 nitrogen and oxygen atoms in total. The number of esters is 1. The van der Waals surface area contributed by atoms with Crippen molar-refractivity contribution >= 4 is 5.97 Å². The van der Waals surface area contributed by atoms with Crippen LogP contribution in [0, 0.1) is 0 Å². The van der Waals surface area contributed by atoms with Gasteiger partial charge in [-0.25, -0.2) is 4.79 Å². The topological polar surface area (TPSA) is 127 Å². The zero-order valence-corrected chi connectivity index (χ0v) is 6.49. The summed E-state index contributed by atoms with van der Waals surface area (Å²) in [4.78, 5) is 10.6. The maximum absolute atomic E-state index is 10.6. The summed E-state index contributed by atoms with van der Waals surface area (Å²) in [5, 5.41) is 44.4. The Hall–Kier alpha value is -0.730. The van der Waals surface area contributed by atoms with E-state index in [9.17, 15) is 4.79 Å². The SMILES string of the molecule is O=C1O[C@H](C(O)(O)CO)C(O)C1O. The number of hydrogen-bond acceptors (Lipinski definition) is 7. The lowest BCUT2D eigenvalue weighted by molar-refractivity contribution is -0.257. The minimum Gasteiger partial charge on any atom is -0.452 e. The first-order valence-electron chi connectivity index (χ1n) is 3.52. The van der Waals surface area contributed by atoms with Crippen LogP contribution in [0.5, 0.6) is 0 Å². The van der Waals surface area contributed by atoms with E-state index in [1.165, 1.54) is 0 Å². The second-order valence-corrected chi connectivity index (χ2v) is 2.83. The van der Waals surface area contributed by atoms with Crippen molar-refractivity contribution in [3.8, 4) is 0 Å². The molecule has 0 aliphatic carbocycles. The second kappa shape index (κ2) is 3.20. The van der Waals surface area contributed by atoms with Crippen LogP contribution in [0.4, 0.5) is 0 Å². The maximum Gasteiger partial charge on any atom is 0.338 e. The molecule has 3 atom stereocenters. The van der Waals surface area contributed by atoms with Crippen molar-refractivity contribution in [2.24, 2.45) is 0 Å². The number of aliphatic hydroxyl groups excluding tert-OH is 3. The molecule has 0 radical (unpaired) electrons. The zero-order chi connectivity index (χ0) is 10.2. The summed E-state index contributed by atoms with van der Waals surface area (Å²) in [7, 11) is 0. The smallest absolute Gasteiger partial charge is 0.338 e. The number of cyclic esters (lactones) is 1. The first-order valence-corrected chi connectivity index (χ1v) is 3.52. The number of rotatable bonds is 2. The third kappa shape index (κ3) is 1.64. The molecule has 0 bridgehead atoms. The number of carbonyl (C=O) groups is 1. The fourth-order valence-corrected chi connectivity index (χ4v) is 1.03. The Morgan fingerprint density at radius 1 is 1.38 bits per heavy atom. The summed E-state index contributed by atoms with van der Waals surface area (Å²) in [5.74, 6) is -3.90. The van der Waals surface area contributed by atoms with Crippen LogP contribution in [0.2, 0.25) is 0 Å². The summed E-state index contributed by atoms with van der Waals surface area (Å²) in [6.45, 7) is -1.12. The molecule has 13 heavy (non-hydrogen) atoms. The molecule has 0 aromatic heterocycles. The van der Waals surface area contributed by atoms with Gasteiger partial charge in [-0.05, 0) is 0 Å². The molecule has 0 amide bonds. The van der Waals surface area contributed by atoms with Gasteiger partial charge in [0.05, 0.1) is 0 Å². The highest BCUT2D eigenvalue weighted by Gasteiger charge is 2.52. The van der Waals surface area contributed by atoms with Crippen LogP contribution in [0.25, 0.3) is 0 Å². The normalized spacial score (nSPS) is 34.8. The molecule has 0 saturated carbocycles. The van der Waals surface area contributed by atoms with Gasteiger partial charge in [-0.15, -0.1) is 0 Å². The molecule has 7 heteroatoms. The number of ether oxygens (including phenoxy) is 1. The van der Waals surface area contributed by atoms with E-state index in [1.807, 2.05) is 0 Å². The summed E-state index contributed by atoms with van der Waals surface area (Å²) in [6, 6.07) is 0. The number of carbonyl (C=O) groups excluding carboxylic acids is 1. The molecule has 1 fully saturated rings. The highest BCUT2D eigenvalue weighted by Crippen LogP contribution is 2.23. The fourth-order valence-electron chi connectivity index (χ4n) is 1.03. The maximum atomic E-state index is 10.6. The van der Waals surface area contributed by atoms with Gasteiger partial charge in [0.15, 0.2) is 12.2 Å². The van der Waals surface area contributed by atoms with Gasteiger partial charge < -0.3 is 30.3 Å². The standard InChI is InChI=1S/C6H10O7/c7-1-6(11,12)4-2(8)3(9)5(10)13-4/h2-4,7-9,11-12H,1H2/t2?,3?,4-/m0/s1. The van der Waals surface area contributed by atoms with Gasteiger partial charge in [0, 0.05) is 0 Å². The van der Waals surface area contributed by atoms with Crippen molar-refractivity contribution in [3.05, 3.63) is 0 Å². The molecule has 1 aliphatic rings. The Balaban J connectivity index is 2.79. The average Bonchev–Trinajstić information content (AvgIpc) is 2.33. The summed E-state index contributed by atoms with van der Waals surface area (Å²) >= 11 is 0. The first-order chi connectivity index (χ1) is 5.90. The third-order valence-corrected chi connectivity index (χ3v) is 1.81. The summed E-state index contributed by atoms with van der Waals surface area (Å²) in [5.41, 5.74) is 0. The Kier molecular flexibility index (Phi) is 2.55. The van der Waals surface area contributed by atoms with E-state index in [0.29, 0.717) is 0 Å². The first kappa shape index (κ1) is 10.4. The number of hydrogen-bond donors (Lipinski definition) is 5. The minimum absolute atomic E-state index is 1.12. The Morgan fingerprint density at radius 3 is 2.23 bits per heavy atom. The zero-order valence-electron chi connectivity index (χ0n) is 6.49. The molecule has 5 N–H and O–H groups in total. The molecular weight excluding hydrogens is 184 g/mol. The van der Waals surface area contributed by atoms with Crippen LogP contribution < -0.4 is 0 Å². The van der Waals surface area contributed by atoms with Crippen molar-refractivity contribution in [3.63, 3.8) is 0 Å². The molecule has 0 spiro atoms. The largest absolute Gasteiger partial charge is 0.452 e. The Labute approximate surface area is 72.8 Å². The van der Waals surface area contributed by atoms with Gasteiger partial charge in [-0.1, -0.05) is 0 Å². The lowest BCUT2D eigenvalue weighted by atomic mass is 10.0. The van der Waals surface area contributed by atoms with Crippen molar-refractivity contribution < 1.29 is 35.1 Å². The van der Waals surface area contributed by atoms with Crippen molar-refractivity contribution in [1.29, 1.82) is 0 Å². The van der Waals surface area contributed by atoms with Crippen LogP contribution in [-0.4, -0.2) is 62.2 Å². The summed E-state index contributed by atoms with van der Waals surface area (Å²) in [6.07, 6.45) is -5.30. The van der Waals surface area contributed by atoms with Gasteiger partial charge in [-0.2, -0.15) is 0 Å². The van der Waals surface area contributed by atoms with Gasteiger partial charge in [-0.3, -0.25) is 0 Å². The fraction of sp³-hybridized carbons (Fsp3) is 0.833. The lowest BCUT2D eigenvalue weighted by Gasteiger charge is -2.26. The van der Waals surface area contributed by atoms with Gasteiger partial charge >= 0.3 is 5.97 Å². The molecule has 0 aromatic rings. The number of aliphatic hydroxyl groups is 5. The van der Waals surface area contributed by atoms with E-state index in [2.05, 4.69) is 4.74 Å². The van der Waals surface area contributed by atoms with E-state index in [1.54, 1.807) is 0 Å². The van der Waals surface area contributed by atoms with Crippen LogP contribution in [0.15, 0.2) is 0 Å². The third-order valence-electron chi connectivity index (χ3n) is 1.81. The molecule has 1 saturated heterocycles. The van der Waals surface area contributed by atoms with Crippen LogP contribution in [-0.2, 0) is 9.53 Å². The van der Waals surface area contributed by atoms with Crippen LogP contribution in [0.1, 0.15) is 0 Å². The predicted molar refractivity (Wildman–Crippen MR) is 36.1 cm³/mol.